The van der Waals surface area contributed by atoms with E-state index in [1.54, 1.807) is 30.9 Å². The van der Waals surface area contributed by atoms with Crippen molar-refractivity contribution in [3.8, 4) is 22.9 Å². The molecule has 7 nitrogen and oxygen atoms in total. The van der Waals surface area contributed by atoms with Gasteiger partial charge in [-0.1, -0.05) is 41.9 Å². The predicted octanol–water partition coefficient (Wildman–Crippen LogP) is 4.51. The number of ether oxygens (including phenoxy) is 2. The third kappa shape index (κ3) is 3.32. The highest BCUT2D eigenvalue weighted by Crippen LogP contribution is 2.37. The number of anilines is 2. The normalized spacial score (nSPS) is 10.9. The lowest BCUT2D eigenvalue weighted by Crippen LogP contribution is -2.04. The molecule has 28 heavy (non-hydrogen) atoms. The molecule has 0 aliphatic rings. The van der Waals surface area contributed by atoms with Crippen molar-refractivity contribution in [3.05, 3.63) is 59.2 Å². The van der Waals surface area contributed by atoms with Gasteiger partial charge in [0.1, 0.15) is 17.3 Å². The Bertz CT molecular complexity index is 1140. The zero-order chi connectivity index (χ0) is 19.7. The van der Waals surface area contributed by atoms with Crippen molar-refractivity contribution in [2.24, 2.45) is 0 Å². The third-order valence-electron chi connectivity index (χ3n) is 4.21. The first-order valence-electron chi connectivity index (χ1n) is 8.57. The number of nitrogens with one attached hydrogen (secondary N) is 1. The van der Waals surface area contributed by atoms with Crippen LogP contribution in [0.1, 0.15) is 5.69 Å². The van der Waals surface area contributed by atoms with Gasteiger partial charge in [-0.05, 0) is 13.0 Å². The standard InChI is InChI=1S/C20H18ClN5O2/c1-12-9-18(23-15-10-14(21)16(27-2)11-17(15)28-3)26-20(22-12)24-19(25-26)13-7-5-4-6-8-13/h4-11,23H,1-3H3. The molecule has 0 spiro atoms. The highest BCUT2D eigenvalue weighted by atomic mass is 35.5. The molecule has 2 heterocycles. The van der Waals surface area contributed by atoms with Crippen molar-refractivity contribution in [2.45, 2.75) is 6.92 Å². The molecule has 0 aliphatic heterocycles. The molecule has 0 bridgehead atoms. The molecule has 2 aromatic heterocycles. The fraction of sp³-hybridized carbons (Fsp3) is 0.150. The van der Waals surface area contributed by atoms with Gasteiger partial charge in [0.2, 0.25) is 0 Å². The predicted molar refractivity (Wildman–Crippen MR) is 109 cm³/mol. The van der Waals surface area contributed by atoms with Crippen molar-refractivity contribution < 1.29 is 9.47 Å². The molecule has 0 fully saturated rings. The monoisotopic (exact) mass is 395 g/mol. The van der Waals surface area contributed by atoms with Gasteiger partial charge < -0.3 is 14.8 Å². The molecular formula is C20H18ClN5O2. The molecule has 0 atom stereocenters. The number of fused-ring (bicyclic) bond motifs is 1. The lowest BCUT2D eigenvalue weighted by Gasteiger charge is -2.14. The van der Waals surface area contributed by atoms with Gasteiger partial charge in [-0.3, -0.25) is 0 Å². The summed E-state index contributed by atoms with van der Waals surface area (Å²) in [6.07, 6.45) is 0. The Labute approximate surface area is 166 Å². The Hall–Kier alpha value is -3.32. The van der Waals surface area contributed by atoms with Gasteiger partial charge in [0.05, 0.1) is 24.9 Å². The molecule has 0 saturated carbocycles. The van der Waals surface area contributed by atoms with Crippen LogP contribution in [0.5, 0.6) is 11.5 Å². The summed E-state index contributed by atoms with van der Waals surface area (Å²) in [5, 5.41) is 8.40. The topological polar surface area (TPSA) is 73.6 Å². The van der Waals surface area contributed by atoms with Crippen molar-refractivity contribution in [3.63, 3.8) is 0 Å². The molecule has 4 rings (SSSR count). The number of hydrogen-bond donors (Lipinski definition) is 1. The van der Waals surface area contributed by atoms with Crippen LogP contribution in [0.2, 0.25) is 5.02 Å². The molecule has 8 heteroatoms. The minimum atomic E-state index is 0.469. The molecular weight excluding hydrogens is 378 g/mol. The quantitative estimate of drug-likeness (QED) is 0.535. The number of nitrogens with zero attached hydrogens (tertiary/aromatic N) is 4. The molecule has 0 aliphatic carbocycles. The zero-order valence-corrected chi connectivity index (χ0v) is 16.4. The first-order chi connectivity index (χ1) is 13.6. The van der Waals surface area contributed by atoms with Gasteiger partial charge in [0, 0.05) is 23.4 Å². The van der Waals surface area contributed by atoms with Crippen molar-refractivity contribution >= 4 is 28.9 Å². The van der Waals surface area contributed by atoms with Crippen LogP contribution in [0.4, 0.5) is 11.5 Å². The Morgan fingerprint density at radius 1 is 0.964 bits per heavy atom. The van der Waals surface area contributed by atoms with Crippen LogP contribution in [0, 0.1) is 6.92 Å². The van der Waals surface area contributed by atoms with E-state index in [0.29, 0.717) is 39.6 Å². The van der Waals surface area contributed by atoms with Crippen LogP contribution < -0.4 is 14.8 Å². The number of halogens is 1. The van der Waals surface area contributed by atoms with Crippen molar-refractivity contribution in [1.82, 2.24) is 19.6 Å². The Morgan fingerprint density at radius 3 is 2.43 bits per heavy atom. The van der Waals surface area contributed by atoms with Crippen molar-refractivity contribution in [2.75, 3.05) is 19.5 Å². The lowest BCUT2D eigenvalue weighted by atomic mass is 10.2. The van der Waals surface area contributed by atoms with Gasteiger partial charge in [-0.25, -0.2) is 4.98 Å². The Kier molecular flexibility index (Phi) is 4.75. The fourth-order valence-electron chi connectivity index (χ4n) is 2.88. The molecule has 1 N–H and O–H groups in total. The lowest BCUT2D eigenvalue weighted by molar-refractivity contribution is 0.396. The molecule has 0 saturated heterocycles. The molecule has 0 amide bonds. The maximum atomic E-state index is 6.29. The zero-order valence-electron chi connectivity index (χ0n) is 15.6. The number of methoxy groups -OCH3 is 2. The van der Waals surface area contributed by atoms with Crippen LogP contribution in [-0.4, -0.2) is 33.8 Å². The summed E-state index contributed by atoms with van der Waals surface area (Å²) in [6, 6.07) is 15.1. The summed E-state index contributed by atoms with van der Waals surface area (Å²) in [7, 11) is 3.15. The van der Waals surface area contributed by atoms with Gasteiger partial charge in [-0.15, -0.1) is 5.10 Å². The van der Waals surface area contributed by atoms with Crippen LogP contribution in [-0.2, 0) is 0 Å². The van der Waals surface area contributed by atoms with E-state index in [4.69, 9.17) is 21.1 Å². The van der Waals surface area contributed by atoms with E-state index in [9.17, 15) is 0 Å². The number of hydrogen-bond acceptors (Lipinski definition) is 6. The number of rotatable bonds is 5. The highest BCUT2D eigenvalue weighted by Gasteiger charge is 2.15. The van der Waals surface area contributed by atoms with Gasteiger partial charge in [0.25, 0.3) is 5.78 Å². The Morgan fingerprint density at radius 2 is 1.71 bits per heavy atom. The molecule has 4 aromatic rings. The van der Waals surface area contributed by atoms with E-state index in [1.807, 2.05) is 43.3 Å². The Balaban J connectivity index is 1.81. The van der Waals surface area contributed by atoms with Crippen molar-refractivity contribution in [1.29, 1.82) is 0 Å². The van der Waals surface area contributed by atoms with Crippen LogP contribution in [0.3, 0.4) is 0 Å². The summed E-state index contributed by atoms with van der Waals surface area (Å²) in [5.74, 6) is 2.91. The maximum Gasteiger partial charge on any atom is 0.254 e. The van der Waals surface area contributed by atoms with Crippen LogP contribution >= 0.6 is 11.6 Å². The summed E-state index contributed by atoms with van der Waals surface area (Å²) < 4.78 is 12.4. The molecule has 0 unspecified atom stereocenters. The highest BCUT2D eigenvalue weighted by molar-refractivity contribution is 6.32. The minimum Gasteiger partial charge on any atom is -0.495 e. The van der Waals surface area contributed by atoms with E-state index in [2.05, 4.69) is 20.4 Å². The fourth-order valence-corrected chi connectivity index (χ4v) is 3.12. The van der Waals surface area contributed by atoms with Gasteiger partial charge >= 0.3 is 0 Å². The maximum absolute atomic E-state index is 6.29. The van der Waals surface area contributed by atoms with E-state index in [-0.39, 0.29) is 0 Å². The average molecular weight is 396 g/mol. The van der Waals surface area contributed by atoms with E-state index < -0.39 is 0 Å². The largest absolute Gasteiger partial charge is 0.495 e. The average Bonchev–Trinajstić information content (AvgIpc) is 3.13. The first-order valence-corrected chi connectivity index (χ1v) is 8.95. The summed E-state index contributed by atoms with van der Waals surface area (Å²) in [6.45, 7) is 1.90. The smallest absolute Gasteiger partial charge is 0.254 e. The summed E-state index contributed by atoms with van der Waals surface area (Å²) in [5.41, 5.74) is 2.40. The molecule has 142 valence electrons. The second-order valence-electron chi connectivity index (χ2n) is 6.11. The first kappa shape index (κ1) is 18.1. The summed E-state index contributed by atoms with van der Waals surface area (Å²) in [4.78, 5) is 9.04. The van der Waals surface area contributed by atoms with E-state index in [0.717, 1.165) is 11.3 Å². The van der Waals surface area contributed by atoms with Gasteiger partial charge in [0.15, 0.2) is 5.82 Å². The SMILES string of the molecule is COc1cc(OC)c(Nc2cc(C)nc3nc(-c4ccccc4)nn23)cc1Cl. The third-order valence-corrected chi connectivity index (χ3v) is 4.50. The number of benzene rings is 2. The second-order valence-corrected chi connectivity index (χ2v) is 6.52. The van der Waals surface area contributed by atoms with Crippen LogP contribution in [0.15, 0.2) is 48.5 Å². The molecule has 2 aromatic carbocycles. The van der Waals surface area contributed by atoms with Crippen LogP contribution in [0.25, 0.3) is 17.2 Å². The number of aryl methyl sites for hydroxylation is 1. The second kappa shape index (κ2) is 7.36. The number of aromatic nitrogens is 4. The van der Waals surface area contributed by atoms with E-state index >= 15 is 0 Å². The summed E-state index contributed by atoms with van der Waals surface area (Å²) >= 11 is 6.29. The minimum absolute atomic E-state index is 0.469. The van der Waals surface area contributed by atoms with Gasteiger partial charge in [-0.2, -0.15) is 9.50 Å². The van der Waals surface area contributed by atoms with E-state index in [1.165, 1.54) is 0 Å². The molecule has 0 radical (unpaired) electrons.